The van der Waals surface area contributed by atoms with Crippen LogP contribution in [0.1, 0.15) is 70.8 Å². The van der Waals surface area contributed by atoms with Crippen LogP contribution in [0, 0.1) is 5.92 Å². The first-order chi connectivity index (χ1) is 9.65. The first-order valence-corrected chi connectivity index (χ1v) is 8.46. The summed E-state index contributed by atoms with van der Waals surface area (Å²) in [5.74, 6) is 1.62. The number of hydrogen-bond donors (Lipinski definition) is 1. The monoisotopic (exact) mass is 273 g/mol. The lowest BCUT2D eigenvalue weighted by atomic mass is 9.81. The molecule has 1 N–H and O–H groups in total. The maximum atomic E-state index is 3.85. The van der Waals surface area contributed by atoms with Crippen LogP contribution < -0.4 is 5.32 Å². The van der Waals surface area contributed by atoms with Gasteiger partial charge in [0.25, 0.3) is 0 Å². The molecule has 2 rings (SSSR count). The molecule has 0 aliphatic heterocycles. The van der Waals surface area contributed by atoms with Crippen molar-refractivity contribution < 1.29 is 0 Å². The average molecular weight is 273 g/mol. The molecule has 1 aromatic carbocycles. The highest BCUT2D eigenvalue weighted by molar-refractivity contribution is 5.20. The third kappa shape index (κ3) is 4.94. The fourth-order valence-corrected chi connectivity index (χ4v) is 3.39. The highest BCUT2D eigenvalue weighted by atomic mass is 14.9. The first-order valence-electron chi connectivity index (χ1n) is 8.46. The van der Waals surface area contributed by atoms with Gasteiger partial charge in [-0.05, 0) is 62.8 Å². The molecule has 1 unspecified atom stereocenters. The largest absolute Gasteiger partial charge is 0.312 e. The summed E-state index contributed by atoms with van der Waals surface area (Å²) in [6.45, 7) is 6.99. The topological polar surface area (TPSA) is 12.0 Å². The zero-order chi connectivity index (χ0) is 14.4. The number of rotatable bonds is 6. The predicted molar refractivity (Wildman–Crippen MR) is 88.1 cm³/mol. The molecular weight excluding hydrogens is 242 g/mol. The van der Waals surface area contributed by atoms with E-state index in [0.717, 1.165) is 17.9 Å². The Labute approximate surface area is 125 Å². The van der Waals surface area contributed by atoms with Crippen molar-refractivity contribution in [2.75, 3.05) is 0 Å². The van der Waals surface area contributed by atoms with E-state index in [0.29, 0.717) is 6.04 Å². The molecule has 0 heterocycles. The molecule has 1 heteroatoms. The van der Waals surface area contributed by atoms with Gasteiger partial charge >= 0.3 is 0 Å². The van der Waals surface area contributed by atoms with Crippen LogP contribution in [0.2, 0.25) is 0 Å². The van der Waals surface area contributed by atoms with E-state index in [1.807, 2.05) is 0 Å². The summed E-state index contributed by atoms with van der Waals surface area (Å²) in [6, 6.07) is 12.5. The third-order valence-corrected chi connectivity index (χ3v) is 4.70. The van der Waals surface area contributed by atoms with Gasteiger partial charge in [0.05, 0.1) is 0 Å². The zero-order valence-corrected chi connectivity index (χ0v) is 13.4. The maximum absolute atomic E-state index is 3.85. The average Bonchev–Trinajstić information content (AvgIpc) is 2.47. The minimum Gasteiger partial charge on any atom is -0.312 e. The molecule has 112 valence electrons. The van der Waals surface area contributed by atoms with Gasteiger partial charge < -0.3 is 5.32 Å². The molecule has 1 atom stereocenters. The summed E-state index contributed by atoms with van der Waals surface area (Å²) in [4.78, 5) is 0. The van der Waals surface area contributed by atoms with Crippen LogP contribution in [-0.4, -0.2) is 12.1 Å². The van der Waals surface area contributed by atoms with E-state index >= 15 is 0 Å². The van der Waals surface area contributed by atoms with Crippen LogP contribution in [0.15, 0.2) is 30.3 Å². The molecule has 0 amide bonds. The Kier molecular flexibility index (Phi) is 6.09. The molecule has 1 aromatic rings. The molecular formula is C19H31N. The molecule has 20 heavy (non-hydrogen) atoms. The normalized spacial score (nSPS) is 24.8. The molecule has 0 radical (unpaired) electrons. The second kappa shape index (κ2) is 7.83. The molecule has 0 saturated heterocycles. The Hall–Kier alpha value is -0.820. The summed E-state index contributed by atoms with van der Waals surface area (Å²) < 4.78 is 0. The van der Waals surface area contributed by atoms with Crippen molar-refractivity contribution in [2.24, 2.45) is 5.92 Å². The second-order valence-electron chi connectivity index (χ2n) is 7.00. The molecule has 0 bridgehead atoms. The molecule has 0 spiro atoms. The summed E-state index contributed by atoms with van der Waals surface area (Å²) in [5, 5.41) is 3.85. The summed E-state index contributed by atoms with van der Waals surface area (Å²) in [6.07, 6.45) is 8.03. The quantitative estimate of drug-likeness (QED) is 0.758. The predicted octanol–water partition coefficient (Wildman–Crippen LogP) is 5.13. The van der Waals surface area contributed by atoms with Gasteiger partial charge in [0, 0.05) is 12.1 Å². The van der Waals surface area contributed by atoms with Crippen LogP contribution in [0.25, 0.3) is 0 Å². The fourth-order valence-electron chi connectivity index (χ4n) is 3.39. The van der Waals surface area contributed by atoms with Gasteiger partial charge in [-0.2, -0.15) is 0 Å². The molecule has 1 fully saturated rings. The Morgan fingerprint density at radius 2 is 1.60 bits per heavy atom. The Bertz CT molecular complexity index is 363. The van der Waals surface area contributed by atoms with Crippen LogP contribution in [0.5, 0.6) is 0 Å². The SMILES string of the molecule is CC(C)CCC(C)NC1CCC(c2ccccc2)CC1. The second-order valence-corrected chi connectivity index (χ2v) is 7.00. The van der Waals surface area contributed by atoms with Gasteiger partial charge in [-0.3, -0.25) is 0 Å². The van der Waals surface area contributed by atoms with E-state index in [1.165, 1.54) is 38.5 Å². The van der Waals surface area contributed by atoms with Crippen LogP contribution >= 0.6 is 0 Å². The van der Waals surface area contributed by atoms with E-state index in [-0.39, 0.29) is 0 Å². The van der Waals surface area contributed by atoms with Gasteiger partial charge in [0.15, 0.2) is 0 Å². The smallest absolute Gasteiger partial charge is 0.00699 e. The van der Waals surface area contributed by atoms with Gasteiger partial charge in [-0.15, -0.1) is 0 Å². The van der Waals surface area contributed by atoms with E-state index in [2.05, 4.69) is 56.4 Å². The van der Waals surface area contributed by atoms with Gasteiger partial charge in [-0.1, -0.05) is 44.2 Å². The highest BCUT2D eigenvalue weighted by Gasteiger charge is 2.22. The van der Waals surface area contributed by atoms with Crippen molar-refractivity contribution >= 4 is 0 Å². The first kappa shape index (κ1) is 15.6. The van der Waals surface area contributed by atoms with Crippen molar-refractivity contribution in [2.45, 2.75) is 77.3 Å². The number of hydrogen-bond acceptors (Lipinski definition) is 1. The molecule has 1 aliphatic rings. The molecule has 1 saturated carbocycles. The van der Waals surface area contributed by atoms with E-state index in [4.69, 9.17) is 0 Å². The minimum atomic E-state index is 0.677. The lowest BCUT2D eigenvalue weighted by Crippen LogP contribution is -2.38. The zero-order valence-electron chi connectivity index (χ0n) is 13.4. The molecule has 1 nitrogen and oxygen atoms in total. The van der Waals surface area contributed by atoms with Crippen molar-refractivity contribution in [1.29, 1.82) is 0 Å². The minimum absolute atomic E-state index is 0.677. The van der Waals surface area contributed by atoms with Crippen molar-refractivity contribution in [3.63, 3.8) is 0 Å². The van der Waals surface area contributed by atoms with E-state index in [9.17, 15) is 0 Å². The fraction of sp³-hybridized carbons (Fsp3) is 0.684. The van der Waals surface area contributed by atoms with Crippen molar-refractivity contribution in [3.05, 3.63) is 35.9 Å². The van der Waals surface area contributed by atoms with Crippen molar-refractivity contribution in [3.8, 4) is 0 Å². The van der Waals surface area contributed by atoms with E-state index in [1.54, 1.807) is 5.56 Å². The summed E-state index contributed by atoms with van der Waals surface area (Å²) in [7, 11) is 0. The Morgan fingerprint density at radius 3 is 2.20 bits per heavy atom. The van der Waals surface area contributed by atoms with Crippen LogP contribution in [0.3, 0.4) is 0 Å². The lowest BCUT2D eigenvalue weighted by molar-refractivity contribution is 0.308. The third-order valence-electron chi connectivity index (χ3n) is 4.70. The van der Waals surface area contributed by atoms with Gasteiger partial charge in [0.2, 0.25) is 0 Å². The van der Waals surface area contributed by atoms with Gasteiger partial charge in [-0.25, -0.2) is 0 Å². The molecule has 1 aliphatic carbocycles. The van der Waals surface area contributed by atoms with Crippen LogP contribution in [0.4, 0.5) is 0 Å². The van der Waals surface area contributed by atoms with Gasteiger partial charge in [0.1, 0.15) is 0 Å². The Balaban J connectivity index is 1.71. The summed E-state index contributed by atoms with van der Waals surface area (Å²) >= 11 is 0. The van der Waals surface area contributed by atoms with Crippen molar-refractivity contribution in [1.82, 2.24) is 5.32 Å². The summed E-state index contributed by atoms with van der Waals surface area (Å²) in [5.41, 5.74) is 1.54. The Morgan fingerprint density at radius 1 is 0.950 bits per heavy atom. The number of benzene rings is 1. The number of nitrogens with one attached hydrogen (secondary N) is 1. The van der Waals surface area contributed by atoms with E-state index < -0.39 is 0 Å². The lowest BCUT2D eigenvalue weighted by Gasteiger charge is -2.31. The van der Waals surface area contributed by atoms with Crippen LogP contribution in [-0.2, 0) is 0 Å². The maximum Gasteiger partial charge on any atom is 0.00699 e. The standard InChI is InChI=1S/C19H31N/c1-15(2)9-10-16(3)20-19-13-11-18(12-14-19)17-7-5-4-6-8-17/h4-8,15-16,18-20H,9-14H2,1-3H3. The molecule has 0 aromatic heterocycles. The highest BCUT2D eigenvalue weighted by Crippen LogP contribution is 2.32.